The summed E-state index contributed by atoms with van der Waals surface area (Å²) in [6.45, 7) is 3.99. The minimum Gasteiger partial charge on any atom is -0.384 e. The summed E-state index contributed by atoms with van der Waals surface area (Å²) in [5.74, 6) is 0.0626. The van der Waals surface area contributed by atoms with Crippen LogP contribution in [0.15, 0.2) is 28.7 Å². The molecule has 1 aromatic rings. The molecule has 0 bridgehead atoms. The zero-order valence-electron chi connectivity index (χ0n) is 11.9. The van der Waals surface area contributed by atoms with Crippen LogP contribution >= 0.6 is 15.9 Å². The summed E-state index contributed by atoms with van der Waals surface area (Å²) in [5.41, 5.74) is 0.643. The van der Waals surface area contributed by atoms with E-state index in [2.05, 4.69) is 26.6 Å². The fourth-order valence-electron chi connectivity index (χ4n) is 2.66. The third-order valence-corrected chi connectivity index (χ3v) is 4.59. The van der Waals surface area contributed by atoms with Gasteiger partial charge in [0.15, 0.2) is 0 Å². The van der Waals surface area contributed by atoms with Gasteiger partial charge < -0.3 is 15.4 Å². The Morgan fingerprint density at radius 3 is 2.90 bits per heavy atom. The largest absolute Gasteiger partial charge is 0.384 e. The summed E-state index contributed by atoms with van der Waals surface area (Å²) < 4.78 is 6.26. The highest BCUT2D eigenvalue weighted by Gasteiger charge is 2.41. The summed E-state index contributed by atoms with van der Waals surface area (Å²) in [7, 11) is 1.64. The summed E-state index contributed by atoms with van der Waals surface area (Å²) in [4.78, 5) is 12.6. The Balaban J connectivity index is 2.08. The van der Waals surface area contributed by atoms with Crippen molar-refractivity contribution in [1.82, 2.24) is 10.6 Å². The maximum absolute atomic E-state index is 12.6. The molecule has 1 fully saturated rings. The average Bonchev–Trinajstić information content (AvgIpc) is 2.89. The predicted molar refractivity (Wildman–Crippen MR) is 82.5 cm³/mol. The second kappa shape index (κ2) is 6.70. The Hall–Kier alpha value is -0.910. The topological polar surface area (TPSA) is 50.4 Å². The van der Waals surface area contributed by atoms with Gasteiger partial charge >= 0.3 is 0 Å². The van der Waals surface area contributed by atoms with Gasteiger partial charge in [-0.3, -0.25) is 4.79 Å². The van der Waals surface area contributed by atoms with Crippen molar-refractivity contribution in [2.45, 2.75) is 19.4 Å². The maximum atomic E-state index is 12.6. The van der Waals surface area contributed by atoms with Crippen molar-refractivity contribution < 1.29 is 9.53 Å². The second-order valence-electron chi connectivity index (χ2n) is 5.36. The molecule has 1 saturated heterocycles. The summed E-state index contributed by atoms with van der Waals surface area (Å²) in [5, 5.41) is 6.37. The first-order valence-electron chi connectivity index (χ1n) is 6.84. The normalized spacial score (nSPS) is 23.6. The smallest absolute Gasteiger partial charge is 0.230 e. The highest BCUT2D eigenvalue weighted by Crippen LogP contribution is 2.29. The SMILES string of the molecule is COCC1(C(=O)NC(C)c2ccccc2Br)CCNC1. The van der Waals surface area contributed by atoms with Crippen LogP contribution in [-0.2, 0) is 9.53 Å². The van der Waals surface area contributed by atoms with Gasteiger partial charge in [0.2, 0.25) is 5.91 Å². The van der Waals surface area contributed by atoms with Crippen LogP contribution in [0.2, 0.25) is 0 Å². The Kier molecular flexibility index (Phi) is 5.18. The minimum atomic E-state index is -0.440. The Labute approximate surface area is 128 Å². The number of halogens is 1. The lowest BCUT2D eigenvalue weighted by molar-refractivity contribution is -0.133. The lowest BCUT2D eigenvalue weighted by Gasteiger charge is -2.28. The van der Waals surface area contributed by atoms with Crippen molar-refractivity contribution in [3.05, 3.63) is 34.3 Å². The highest BCUT2D eigenvalue weighted by molar-refractivity contribution is 9.10. The van der Waals surface area contributed by atoms with Gasteiger partial charge in [-0.15, -0.1) is 0 Å². The van der Waals surface area contributed by atoms with Crippen LogP contribution < -0.4 is 10.6 Å². The van der Waals surface area contributed by atoms with E-state index in [1.807, 2.05) is 31.2 Å². The molecule has 4 nitrogen and oxygen atoms in total. The zero-order valence-corrected chi connectivity index (χ0v) is 13.5. The van der Waals surface area contributed by atoms with Crippen molar-refractivity contribution >= 4 is 21.8 Å². The van der Waals surface area contributed by atoms with Crippen LogP contribution in [0.25, 0.3) is 0 Å². The Morgan fingerprint density at radius 2 is 2.30 bits per heavy atom. The molecule has 2 atom stereocenters. The van der Waals surface area contributed by atoms with Crippen LogP contribution in [0.1, 0.15) is 24.9 Å². The lowest BCUT2D eigenvalue weighted by atomic mass is 9.86. The molecule has 1 heterocycles. The van der Waals surface area contributed by atoms with Gasteiger partial charge in [-0.2, -0.15) is 0 Å². The van der Waals surface area contributed by atoms with Gasteiger partial charge in [0, 0.05) is 18.1 Å². The summed E-state index contributed by atoms with van der Waals surface area (Å²) in [6.07, 6.45) is 0.815. The van der Waals surface area contributed by atoms with E-state index in [-0.39, 0.29) is 11.9 Å². The van der Waals surface area contributed by atoms with Crippen molar-refractivity contribution in [3.63, 3.8) is 0 Å². The minimum absolute atomic E-state index is 0.0348. The van der Waals surface area contributed by atoms with Crippen molar-refractivity contribution in [2.75, 3.05) is 26.8 Å². The predicted octanol–water partition coefficient (Wildman–Crippen LogP) is 2.25. The van der Waals surface area contributed by atoms with Gasteiger partial charge in [0.1, 0.15) is 0 Å². The van der Waals surface area contributed by atoms with E-state index in [0.717, 1.165) is 23.0 Å². The third-order valence-electron chi connectivity index (χ3n) is 3.87. The molecule has 2 unspecified atom stereocenters. The molecule has 0 aromatic heterocycles. The first-order valence-corrected chi connectivity index (χ1v) is 7.63. The van der Waals surface area contributed by atoms with Crippen LogP contribution in [0.3, 0.4) is 0 Å². The second-order valence-corrected chi connectivity index (χ2v) is 6.21. The number of methoxy groups -OCH3 is 1. The molecule has 1 aromatic carbocycles. The van der Waals surface area contributed by atoms with Gasteiger partial charge in [0.25, 0.3) is 0 Å². The van der Waals surface area contributed by atoms with E-state index in [0.29, 0.717) is 13.2 Å². The number of nitrogens with one attached hydrogen (secondary N) is 2. The van der Waals surface area contributed by atoms with Crippen molar-refractivity contribution in [2.24, 2.45) is 5.41 Å². The van der Waals surface area contributed by atoms with Crippen molar-refractivity contribution in [3.8, 4) is 0 Å². The third kappa shape index (κ3) is 3.22. The standard InChI is InChI=1S/C15H21BrN2O2/c1-11(12-5-3-4-6-13(12)16)18-14(19)15(10-20-2)7-8-17-9-15/h3-6,11,17H,7-10H2,1-2H3,(H,18,19). The molecule has 110 valence electrons. The Bertz CT molecular complexity index is 473. The molecule has 20 heavy (non-hydrogen) atoms. The van der Waals surface area contributed by atoms with Crippen LogP contribution in [0, 0.1) is 5.41 Å². The van der Waals surface area contributed by atoms with E-state index in [1.165, 1.54) is 0 Å². The number of carbonyl (C=O) groups is 1. The van der Waals surface area contributed by atoms with Gasteiger partial charge in [-0.25, -0.2) is 0 Å². The monoisotopic (exact) mass is 340 g/mol. The first-order chi connectivity index (χ1) is 9.59. The highest BCUT2D eigenvalue weighted by atomic mass is 79.9. The molecule has 1 aliphatic rings. The number of ether oxygens (including phenoxy) is 1. The van der Waals surface area contributed by atoms with E-state index < -0.39 is 5.41 Å². The molecule has 2 rings (SSSR count). The molecule has 0 saturated carbocycles. The molecular formula is C15H21BrN2O2. The number of benzene rings is 1. The fourth-order valence-corrected chi connectivity index (χ4v) is 3.28. The van der Waals surface area contributed by atoms with E-state index in [9.17, 15) is 4.79 Å². The van der Waals surface area contributed by atoms with Crippen molar-refractivity contribution in [1.29, 1.82) is 0 Å². The number of hydrogen-bond acceptors (Lipinski definition) is 3. The lowest BCUT2D eigenvalue weighted by Crippen LogP contribution is -2.46. The van der Waals surface area contributed by atoms with Crippen LogP contribution in [0.5, 0.6) is 0 Å². The number of carbonyl (C=O) groups excluding carboxylic acids is 1. The molecule has 5 heteroatoms. The summed E-state index contributed by atoms with van der Waals surface area (Å²) in [6, 6.07) is 7.91. The maximum Gasteiger partial charge on any atom is 0.230 e. The van der Waals surface area contributed by atoms with E-state index in [4.69, 9.17) is 4.74 Å². The van der Waals surface area contributed by atoms with Gasteiger partial charge in [0.05, 0.1) is 18.1 Å². The fraction of sp³-hybridized carbons (Fsp3) is 0.533. The van der Waals surface area contributed by atoms with Gasteiger partial charge in [-0.05, 0) is 31.5 Å². The molecule has 1 amide bonds. The average molecular weight is 341 g/mol. The first kappa shape index (κ1) is 15.5. The number of rotatable bonds is 5. The van der Waals surface area contributed by atoms with Crippen LogP contribution in [0.4, 0.5) is 0 Å². The quantitative estimate of drug-likeness (QED) is 0.864. The molecule has 0 radical (unpaired) electrons. The zero-order chi connectivity index (χ0) is 14.6. The van der Waals surface area contributed by atoms with Gasteiger partial charge in [-0.1, -0.05) is 34.1 Å². The molecule has 0 aliphatic carbocycles. The molecular weight excluding hydrogens is 320 g/mol. The Morgan fingerprint density at radius 1 is 1.55 bits per heavy atom. The molecule has 2 N–H and O–H groups in total. The molecule has 1 aliphatic heterocycles. The summed E-state index contributed by atoms with van der Waals surface area (Å²) >= 11 is 3.53. The van der Waals surface area contributed by atoms with Crippen LogP contribution in [-0.4, -0.2) is 32.7 Å². The van der Waals surface area contributed by atoms with E-state index >= 15 is 0 Å². The molecule has 0 spiro atoms. The number of amides is 1. The number of hydrogen-bond donors (Lipinski definition) is 2. The van der Waals surface area contributed by atoms with E-state index in [1.54, 1.807) is 7.11 Å².